The number of alkyl halides is 3. The largest absolute Gasteiger partial charge is 0.417 e. The average Bonchev–Trinajstić information content (AvgIpc) is 2.92. The zero-order valence-corrected chi connectivity index (χ0v) is 26.1. The van der Waals surface area contributed by atoms with Crippen molar-refractivity contribution < 1.29 is 31.2 Å². The van der Waals surface area contributed by atoms with Crippen molar-refractivity contribution in [2.24, 2.45) is 0 Å². The number of benzene rings is 3. The van der Waals surface area contributed by atoms with Crippen molar-refractivity contribution in [3.63, 3.8) is 0 Å². The highest BCUT2D eigenvalue weighted by atomic mass is 35.5. The molecule has 1 N–H and O–H groups in total. The molecule has 0 saturated heterocycles. The molecule has 3 aromatic rings. The second-order valence-corrected chi connectivity index (χ2v) is 12.9. The number of hydrogen-bond acceptors (Lipinski definition) is 4. The van der Waals surface area contributed by atoms with Gasteiger partial charge in [-0.15, -0.1) is 0 Å². The first kappa shape index (κ1) is 33.9. The van der Waals surface area contributed by atoms with Crippen LogP contribution in [0.3, 0.4) is 0 Å². The molecule has 43 heavy (non-hydrogen) atoms. The summed E-state index contributed by atoms with van der Waals surface area (Å²) in [6.45, 7) is 8.00. The van der Waals surface area contributed by atoms with Crippen LogP contribution in [-0.4, -0.2) is 43.8 Å². The third kappa shape index (κ3) is 8.51. The molecule has 12 heteroatoms. The van der Waals surface area contributed by atoms with Crippen LogP contribution >= 0.6 is 11.6 Å². The van der Waals surface area contributed by atoms with E-state index in [0.29, 0.717) is 15.9 Å². The highest BCUT2D eigenvalue weighted by Gasteiger charge is 2.37. The summed E-state index contributed by atoms with van der Waals surface area (Å²) in [5.74, 6) is -1.21. The maximum Gasteiger partial charge on any atom is 0.417 e. The second-order valence-electron chi connectivity index (χ2n) is 10.6. The van der Waals surface area contributed by atoms with Gasteiger partial charge in [0, 0.05) is 12.6 Å². The van der Waals surface area contributed by atoms with Gasteiger partial charge < -0.3 is 10.2 Å². The highest BCUT2D eigenvalue weighted by Crippen LogP contribution is 2.38. The van der Waals surface area contributed by atoms with Crippen LogP contribution < -0.4 is 9.62 Å². The van der Waals surface area contributed by atoms with E-state index < -0.39 is 56.9 Å². The van der Waals surface area contributed by atoms with Crippen molar-refractivity contribution in [2.75, 3.05) is 10.8 Å². The van der Waals surface area contributed by atoms with Crippen LogP contribution in [0.15, 0.2) is 71.6 Å². The summed E-state index contributed by atoms with van der Waals surface area (Å²) in [6, 6.07) is 14.4. The van der Waals surface area contributed by atoms with Gasteiger partial charge in [0.15, 0.2) is 0 Å². The van der Waals surface area contributed by atoms with Gasteiger partial charge in [0.05, 0.1) is 21.2 Å². The molecule has 0 saturated carbocycles. The number of aryl methyl sites for hydroxylation is 2. The van der Waals surface area contributed by atoms with Crippen LogP contribution in [0.1, 0.15) is 49.4 Å². The number of nitrogens with one attached hydrogen (secondary N) is 1. The quantitative estimate of drug-likeness (QED) is 0.260. The van der Waals surface area contributed by atoms with Crippen LogP contribution in [0.4, 0.5) is 18.9 Å². The normalized spacial score (nSPS) is 12.6. The van der Waals surface area contributed by atoms with E-state index in [-0.39, 0.29) is 23.9 Å². The molecule has 7 nitrogen and oxygen atoms in total. The fraction of sp³-hybridized carbons (Fsp3) is 0.355. The number of rotatable bonds is 11. The Bertz CT molecular complexity index is 1540. The van der Waals surface area contributed by atoms with Gasteiger partial charge >= 0.3 is 6.18 Å². The van der Waals surface area contributed by atoms with Gasteiger partial charge in [0.1, 0.15) is 12.6 Å². The summed E-state index contributed by atoms with van der Waals surface area (Å²) in [5.41, 5.74) is 0.778. The minimum Gasteiger partial charge on any atom is -0.352 e. The number of halogens is 4. The number of amides is 2. The zero-order valence-electron chi connectivity index (χ0n) is 24.6. The monoisotopic (exact) mass is 637 g/mol. The SMILES string of the molecule is CC[C@H](C(=O)NC(C)C)N(Cc1ccc(C)cc1)C(=O)CN(c1ccc(Cl)c(C(F)(F)F)c1)S(=O)(=O)c1ccc(C)cc1. The first-order valence-corrected chi connectivity index (χ1v) is 15.5. The standard InChI is InChI=1S/C31H35ClF3N3O4S/c1-6-28(30(40)36-20(2)3)37(18-23-11-7-21(4)8-12-23)29(39)19-38(43(41,42)25-14-9-22(5)10-15-25)24-13-16-27(32)26(17-24)31(33,34)35/h7-17,20,28H,6,18-19H2,1-5H3,(H,36,40)/t28-/m1/s1. The summed E-state index contributed by atoms with van der Waals surface area (Å²) in [7, 11) is -4.55. The molecule has 0 aliphatic rings. The van der Waals surface area contributed by atoms with Gasteiger partial charge in [0.25, 0.3) is 10.0 Å². The third-order valence-corrected chi connectivity index (χ3v) is 8.84. The molecule has 3 aromatic carbocycles. The zero-order chi connectivity index (χ0) is 32.1. The number of anilines is 1. The van der Waals surface area contributed by atoms with Crippen molar-refractivity contribution in [1.82, 2.24) is 10.2 Å². The van der Waals surface area contributed by atoms with Crippen molar-refractivity contribution in [2.45, 2.75) is 70.7 Å². The molecule has 0 aromatic heterocycles. The number of sulfonamides is 1. The molecule has 2 amide bonds. The minimum absolute atomic E-state index is 0.0318. The lowest BCUT2D eigenvalue weighted by Gasteiger charge is -2.33. The topological polar surface area (TPSA) is 86.8 Å². The molecule has 0 bridgehead atoms. The van der Waals surface area contributed by atoms with Crippen LogP contribution in [0, 0.1) is 13.8 Å². The van der Waals surface area contributed by atoms with E-state index in [1.807, 2.05) is 19.1 Å². The number of carbonyl (C=O) groups excluding carboxylic acids is 2. The van der Waals surface area contributed by atoms with Gasteiger partial charge in [0.2, 0.25) is 11.8 Å². The Morgan fingerprint density at radius 3 is 2.00 bits per heavy atom. The lowest BCUT2D eigenvalue weighted by atomic mass is 10.1. The average molecular weight is 638 g/mol. The smallest absolute Gasteiger partial charge is 0.352 e. The summed E-state index contributed by atoms with van der Waals surface area (Å²) in [4.78, 5) is 28.3. The van der Waals surface area contributed by atoms with Crippen molar-refractivity contribution in [1.29, 1.82) is 0 Å². The molecule has 0 radical (unpaired) electrons. The summed E-state index contributed by atoms with van der Waals surface area (Å²) >= 11 is 5.82. The summed E-state index contributed by atoms with van der Waals surface area (Å²) in [5, 5.41) is 2.18. The van der Waals surface area contributed by atoms with Crippen LogP contribution in [0.5, 0.6) is 0 Å². The number of nitrogens with zero attached hydrogens (tertiary/aromatic N) is 2. The van der Waals surface area contributed by atoms with E-state index in [4.69, 9.17) is 11.6 Å². The van der Waals surface area contributed by atoms with Crippen molar-refractivity contribution >= 4 is 39.1 Å². The molecule has 232 valence electrons. The summed E-state index contributed by atoms with van der Waals surface area (Å²) < 4.78 is 69.8. The molecule has 0 spiro atoms. The first-order valence-electron chi connectivity index (χ1n) is 13.7. The maximum absolute atomic E-state index is 14.1. The Hall–Kier alpha value is -3.57. The number of hydrogen-bond donors (Lipinski definition) is 1. The number of carbonyl (C=O) groups is 2. The van der Waals surface area contributed by atoms with E-state index in [9.17, 15) is 31.2 Å². The van der Waals surface area contributed by atoms with Crippen molar-refractivity contribution in [3.8, 4) is 0 Å². The van der Waals surface area contributed by atoms with E-state index in [1.54, 1.807) is 52.0 Å². The molecule has 1 atom stereocenters. The Morgan fingerprint density at radius 2 is 1.49 bits per heavy atom. The van der Waals surface area contributed by atoms with Crippen LogP contribution in [0.2, 0.25) is 5.02 Å². The van der Waals surface area contributed by atoms with Gasteiger partial charge in [-0.1, -0.05) is 66.0 Å². The van der Waals surface area contributed by atoms with Gasteiger partial charge in [-0.3, -0.25) is 13.9 Å². The van der Waals surface area contributed by atoms with Gasteiger partial charge in [-0.2, -0.15) is 13.2 Å². The second kappa shape index (κ2) is 13.8. The van der Waals surface area contributed by atoms with E-state index in [1.165, 1.54) is 17.0 Å². The molecular formula is C31H35ClF3N3O4S. The Labute approximate surface area is 255 Å². The lowest BCUT2D eigenvalue weighted by Crippen LogP contribution is -2.53. The fourth-order valence-electron chi connectivity index (χ4n) is 4.44. The maximum atomic E-state index is 14.1. The van der Waals surface area contributed by atoms with Gasteiger partial charge in [-0.05, 0) is 70.0 Å². The van der Waals surface area contributed by atoms with E-state index in [2.05, 4.69) is 5.32 Å². The van der Waals surface area contributed by atoms with E-state index >= 15 is 0 Å². The molecule has 0 aliphatic carbocycles. The molecule has 0 fully saturated rings. The third-order valence-electron chi connectivity index (χ3n) is 6.72. The predicted molar refractivity (Wildman–Crippen MR) is 161 cm³/mol. The molecule has 0 aliphatic heterocycles. The first-order chi connectivity index (χ1) is 20.0. The van der Waals surface area contributed by atoms with Gasteiger partial charge in [-0.25, -0.2) is 8.42 Å². The van der Waals surface area contributed by atoms with Crippen molar-refractivity contribution in [3.05, 3.63) is 94.0 Å². The highest BCUT2D eigenvalue weighted by molar-refractivity contribution is 7.92. The molecular weight excluding hydrogens is 603 g/mol. The molecule has 3 rings (SSSR count). The Kier molecular flexibility index (Phi) is 10.9. The van der Waals surface area contributed by atoms with Crippen LogP contribution in [-0.2, 0) is 32.3 Å². The predicted octanol–water partition coefficient (Wildman–Crippen LogP) is 6.50. The summed E-state index contributed by atoms with van der Waals surface area (Å²) in [6.07, 6.45) is -4.67. The van der Waals surface area contributed by atoms with E-state index in [0.717, 1.165) is 23.3 Å². The lowest BCUT2D eigenvalue weighted by molar-refractivity contribution is -0.140. The minimum atomic E-state index is -4.88. The van der Waals surface area contributed by atoms with Crippen LogP contribution in [0.25, 0.3) is 0 Å². The molecule has 0 heterocycles. The molecule has 0 unspecified atom stereocenters. The fourth-order valence-corrected chi connectivity index (χ4v) is 6.07. The Morgan fingerprint density at radius 1 is 0.930 bits per heavy atom. The Balaban J connectivity index is 2.15.